The summed E-state index contributed by atoms with van der Waals surface area (Å²) in [4.78, 5) is 0. The maximum absolute atomic E-state index is 5.64. The lowest BCUT2D eigenvalue weighted by Gasteiger charge is -2.16. The fraction of sp³-hybridized carbons (Fsp3) is 0.600. The summed E-state index contributed by atoms with van der Waals surface area (Å²) in [6, 6.07) is 10.0. The van der Waals surface area contributed by atoms with Crippen molar-refractivity contribution in [2.24, 2.45) is 11.8 Å². The van der Waals surface area contributed by atoms with Crippen LogP contribution in [0.1, 0.15) is 26.2 Å². The zero-order valence-electron chi connectivity index (χ0n) is 10.7. The number of hydrogen-bond donors (Lipinski definition) is 1. The molecule has 2 rings (SSSR count). The van der Waals surface area contributed by atoms with Crippen LogP contribution < -0.4 is 10.1 Å². The van der Waals surface area contributed by atoms with Crippen LogP contribution in [0.5, 0.6) is 5.75 Å². The second-order valence-electron chi connectivity index (χ2n) is 5.03. The van der Waals surface area contributed by atoms with Gasteiger partial charge in [0.05, 0.1) is 0 Å². The van der Waals surface area contributed by atoms with Crippen molar-refractivity contribution in [2.75, 3.05) is 19.7 Å². The van der Waals surface area contributed by atoms with E-state index in [0.29, 0.717) is 0 Å². The van der Waals surface area contributed by atoms with Crippen molar-refractivity contribution in [2.45, 2.75) is 26.2 Å². The zero-order valence-corrected chi connectivity index (χ0v) is 10.7. The molecule has 1 aliphatic rings. The highest BCUT2D eigenvalue weighted by atomic mass is 16.5. The SMILES string of the molecule is CC1CCCC1CNCCOc1ccccc1. The maximum atomic E-state index is 5.64. The Kier molecular flexibility index (Phi) is 4.87. The number of nitrogens with one attached hydrogen (secondary N) is 1. The summed E-state index contributed by atoms with van der Waals surface area (Å²) >= 11 is 0. The highest BCUT2D eigenvalue weighted by Gasteiger charge is 2.22. The molecule has 0 amide bonds. The van der Waals surface area contributed by atoms with Gasteiger partial charge in [-0.15, -0.1) is 0 Å². The molecular formula is C15H23NO. The predicted octanol–water partition coefficient (Wildman–Crippen LogP) is 3.09. The molecule has 1 fully saturated rings. The molecule has 0 aromatic heterocycles. The predicted molar refractivity (Wildman–Crippen MR) is 71.3 cm³/mol. The van der Waals surface area contributed by atoms with Gasteiger partial charge in [-0.1, -0.05) is 38.0 Å². The van der Waals surface area contributed by atoms with Crippen LogP contribution in [0, 0.1) is 11.8 Å². The van der Waals surface area contributed by atoms with Gasteiger partial charge >= 0.3 is 0 Å². The molecule has 2 nitrogen and oxygen atoms in total. The minimum Gasteiger partial charge on any atom is -0.492 e. The quantitative estimate of drug-likeness (QED) is 0.762. The highest BCUT2D eigenvalue weighted by Crippen LogP contribution is 2.30. The van der Waals surface area contributed by atoms with Gasteiger partial charge in [0, 0.05) is 6.54 Å². The third kappa shape index (κ3) is 4.04. The van der Waals surface area contributed by atoms with Gasteiger partial charge in [0.2, 0.25) is 0 Å². The Morgan fingerprint density at radius 1 is 1.24 bits per heavy atom. The van der Waals surface area contributed by atoms with E-state index in [2.05, 4.69) is 12.2 Å². The summed E-state index contributed by atoms with van der Waals surface area (Å²) in [5.74, 6) is 2.74. The van der Waals surface area contributed by atoms with Gasteiger partial charge in [0.25, 0.3) is 0 Å². The van der Waals surface area contributed by atoms with Crippen molar-refractivity contribution in [3.05, 3.63) is 30.3 Å². The normalized spacial score (nSPS) is 23.8. The monoisotopic (exact) mass is 233 g/mol. The molecule has 0 spiro atoms. The third-order valence-electron chi connectivity index (χ3n) is 3.74. The van der Waals surface area contributed by atoms with Crippen LogP contribution in [-0.2, 0) is 0 Å². The van der Waals surface area contributed by atoms with Gasteiger partial charge in [-0.2, -0.15) is 0 Å². The average Bonchev–Trinajstić information content (AvgIpc) is 2.76. The standard InChI is InChI=1S/C15H23NO/c1-13-6-5-7-14(13)12-16-10-11-17-15-8-3-2-4-9-15/h2-4,8-9,13-14,16H,5-7,10-12H2,1H3. The van der Waals surface area contributed by atoms with Crippen molar-refractivity contribution in [1.29, 1.82) is 0 Å². The minimum atomic E-state index is 0.755. The van der Waals surface area contributed by atoms with Gasteiger partial charge in [0.15, 0.2) is 0 Å². The Balaban J connectivity index is 1.55. The number of para-hydroxylation sites is 1. The van der Waals surface area contributed by atoms with Crippen molar-refractivity contribution < 1.29 is 4.74 Å². The highest BCUT2D eigenvalue weighted by molar-refractivity contribution is 5.20. The first-order chi connectivity index (χ1) is 8.36. The van der Waals surface area contributed by atoms with E-state index in [1.54, 1.807) is 0 Å². The van der Waals surface area contributed by atoms with Crippen LogP contribution in [-0.4, -0.2) is 19.7 Å². The summed E-state index contributed by atoms with van der Waals surface area (Å²) in [7, 11) is 0. The van der Waals surface area contributed by atoms with E-state index < -0.39 is 0 Å². The lowest BCUT2D eigenvalue weighted by molar-refractivity contribution is 0.302. The van der Waals surface area contributed by atoms with E-state index in [4.69, 9.17) is 4.74 Å². The fourth-order valence-corrected chi connectivity index (χ4v) is 2.57. The number of rotatable bonds is 6. The van der Waals surface area contributed by atoms with Gasteiger partial charge < -0.3 is 10.1 Å². The van der Waals surface area contributed by atoms with Crippen LogP contribution in [0.4, 0.5) is 0 Å². The van der Waals surface area contributed by atoms with Crippen molar-refractivity contribution >= 4 is 0 Å². The van der Waals surface area contributed by atoms with E-state index in [1.807, 2.05) is 30.3 Å². The lowest BCUT2D eigenvalue weighted by Crippen LogP contribution is -2.28. The Hall–Kier alpha value is -1.02. The summed E-state index contributed by atoms with van der Waals surface area (Å²) in [6.45, 7) is 5.22. The van der Waals surface area contributed by atoms with Crippen LogP contribution in [0.15, 0.2) is 30.3 Å². The minimum absolute atomic E-state index is 0.755. The second-order valence-corrected chi connectivity index (χ2v) is 5.03. The van der Waals surface area contributed by atoms with Crippen LogP contribution in [0.3, 0.4) is 0 Å². The first-order valence-corrected chi connectivity index (χ1v) is 6.75. The van der Waals surface area contributed by atoms with Crippen LogP contribution in [0.2, 0.25) is 0 Å². The molecule has 1 saturated carbocycles. The van der Waals surface area contributed by atoms with E-state index in [-0.39, 0.29) is 0 Å². The molecule has 2 atom stereocenters. The molecule has 1 aromatic rings. The topological polar surface area (TPSA) is 21.3 Å². The van der Waals surface area contributed by atoms with E-state index in [1.165, 1.54) is 19.3 Å². The maximum Gasteiger partial charge on any atom is 0.119 e. The van der Waals surface area contributed by atoms with Gasteiger partial charge in [0.1, 0.15) is 12.4 Å². The molecule has 0 heterocycles. The summed E-state index contributed by atoms with van der Waals surface area (Å²) < 4.78 is 5.64. The molecular weight excluding hydrogens is 210 g/mol. The molecule has 0 bridgehead atoms. The van der Waals surface area contributed by atoms with Crippen LogP contribution >= 0.6 is 0 Å². The first kappa shape index (κ1) is 12.4. The van der Waals surface area contributed by atoms with Gasteiger partial charge in [-0.05, 0) is 36.9 Å². The largest absolute Gasteiger partial charge is 0.492 e. The Morgan fingerprint density at radius 3 is 2.76 bits per heavy atom. The average molecular weight is 233 g/mol. The summed E-state index contributed by atoms with van der Waals surface area (Å²) in [6.07, 6.45) is 4.22. The van der Waals surface area contributed by atoms with E-state index >= 15 is 0 Å². The first-order valence-electron chi connectivity index (χ1n) is 6.75. The summed E-state index contributed by atoms with van der Waals surface area (Å²) in [5, 5.41) is 3.50. The smallest absolute Gasteiger partial charge is 0.119 e. The lowest BCUT2D eigenvalue weighted by atomic mass is 9.98. The second kappa shape index (κ2) is 6.65. The molecule has 94 valence electrons. The number of benzene rings is 1. The van der Waals surface area contributed by atoms with Crippen molar-refractivity contribution in [1.82, 2.24) is 5.32 Å². The molecule has 1 aliphatic carbocycles. The third-order valence-corrected chi connectivity index (χ3v) is 3.74. The Labute approximate surface area is 104 Å². The molecule has 1 N–H and O–H groups in total. The molecule has 0 radical (unpaired) electrons. The Bertz CT molecular complexity index is 312. The molecule has 2 heteroatoms. The molecule has 0 aliphatic heterocycles. The van der Waals surface area contributed by atoms with Crippen LogP contribution in [0.25, 0.3) is 0 Å². The van der Waals surface area contributed by atoms with Crippen molar-refractivity contribution in [3.8, 4) is 5.75 Å². The van der Waals surface area contributed by atoms with E-state index in [9.17, 15) is 0 Å². The van der Waals surface area contributed by atoms with Gasteiger partial charge in [-0.25, -0.2) is 0 Å². The zero-order chi connectivity index (χ0) is 11.9. The number of ether oxygens (including phenoxy) is 1. The van der Waals surface area contributed by atoms with Crippen molar-refractivity contribution in [3.63, 3.8) is 0 Å². The molecule has 2 unspecified atom stereocenters. The number of hydrogen-bond acceptors (Lipinski definition) is 2. The Morgan fingerprint density at radius 2 is 2.06 bits per heavy atom. The summed E-state index contributed by atoms with van der Waals surface area (Å²) in [5.41, 5.74) is 0. The molecule has 17 heavy (non-hydrogen) atoms. The van der Waals surface area contributed by atoms with E-state index in [0.717, 1.165) is 37.3 Å². The molecule has 1 aromatic carbocycles. The molecule has 0 saturated heterocycles. The fourth-order valence-electron chi connectivity index (χ4n) is 2.57. The van der Waals surface area contributed by atoms with Gasteiger partial charge in [-0.3, -0.25) is 0 Å².